The number of amides is 1. The Balaban J connectivity index is 1.28. The van der Waals surface area contributed by atoms with Crippen LogP contribution in [-0.4, -0.2) is 108 Å². The summed E-state index contributed by atoms with van der Waals surface area (Å²) in [4.78, 5) is 30.3. The molecule has 0 radical (unpaired) electrons. The van der Waals surface area contributed by atoms with Crippen molar-refractivity contribution in [2.75, 3.05) is 57.3 Å². The van der Waals surface area contributed by atoms with Gasteiger partial charge in [0.15, 0.2) is 0 Å². The van der Waals surface area contributed by atoms with Gasteiger partial charge in [0, 0.05) is 50.5 Å². The quantitative estimate of drug-likeness (QED) is 0.360. The smallest absolute Gasteiger partial charge is 0.434 e. The molecule has 2 spiro atoms. The van der Waals surface area contributed by atoms with Crippen molar-refractivity contribution in [3.63, 3.8) is 0 Å². The Bertz CT molecular complexity index is 1290. The molecule has 4 aliphatic heterocycles. The number of benzene rings is 1. The predicted molar refractivity (Wildman–Crippen MR) is 150 cm³/mol. The molecule has 1 aromatic rings. The number of piperidine rings is 2. The monoisotopic (exact) mass is 688 g/mol. The number of aliphatic carboxylic acids is 1. The lowest BCUT2D eigenvalue weighted by atomic mass is 9.77. The minimum Gasteiger partial charge on any atom is -0.480 e. The van der Waals surface area contributed by atoms with Crippen molar-refractivity contribution >= 4 is 17.7 Å². The lowest BCUT2D eigenvalue weighted by Gasteiger charge is -2.46. The van der Waals surface area contributed by atoms with Crippen LogP contribution >= 0.6 is 0 Å². The second kappa shape index (κ2) is 12.8. The second-order valence-electron chi connectivity index (χ2n) is 13.3. The van der Waals surface area contributed by atoms with E-state index in [1.54, 1.807) is 0 Å². The van der Waals surface area contributed by atoms with Gasteiger partial charge in [0.1, 0.15) is 0 Å². The molecule has 0 atom stereocenters. The average molecular weight is 689 g/mol. The van der Waals surface area contributed by atoms with Crippen LogP contribution in [0.1, 0.15) is 56.1 Å². The summed E-state index contributed by atoms with van der Waals surface area (Å²) in [5, 5.41) is 9.16. The number of rotatable bonds is 6. The molecule has 4 fully saturated rings. The van der Waals surface area contributed by atoms with Crippen LogP contribution < -0.4 is 4.90 Å². The van der Waals surface area contributed by atoms with Crippen LogP contribution in [0.3, 0.4) is 0 Å². The average Bonchev–Trinajstić information content (AvgIpc) is 3.53. The van der Waals surface area contributed by atoms with E-state index in [-0.39, 0.29) is 44.4 Å². The Hall–Kier alpha value is -2.95. The first-order valence-electron chi connectivity index (χ1n) is 15.5. The number of carbonyl (C=O) groups excluding carboxylic acids is 1. The maximum Gasteiger partial charge on any atom is 0.434 e. The van der Waals surface area contributed by atoms with Crippen molar-refractivity contribution in [1.29, 1.82) is 0 Å². The molecule has 264 valence electrons. The van der Waals surface area contributed by atoms with Crippen LogP contribution in [0.25, 0.3) is 0 Å². The van der Waals surface area contributed by atoms with Gasteiger partial charge in [-0.3, -0.25) is 14.6 Å². The summed E-state index contributed by atoms with van der Waals surface area (Å²) < 4.78 is 123. The highest BCUT2D eigenvalue weighted by molar-refractivity contribution is 5.69. The number of hydrogen-bond acceptors (Lipinski definition) is 6. The normalized spacial score (nSPS) is 22.5. The highest BCUT2D eigenvalue weighted by Crippen LogP contribution is 2.45. The zero-order valence-electron chi connectivity index (χ0n) is 25.5. The number of anilines is 1. The lowest BCUT2D eigenvalue weighted by Crippen LogP contribution is -2.54. The van der Waals surface area contributed by atoms with E-state index >= 15 is 0 Å². The van der Waals surface area contributed by atoms with Gasteiger partial charge >= 0.3 is 30.6 Å². The van der Waals surface area contributed by atoms with Crippen molar-refractivity contribution < 1.29 is 58.9 Å². The number of alkyl halides is 9. The summed E-state index contributed by atoms with van der Waals surface area (Å²) in [5.41, 5.74) is -0.308. The van der Waals surface area contributed by atoms with E-state index in [4.69, 9.17) is 5.11 Å². The maximum atomic E-state index is 13.8. The van der Waals surface area contributed by atoms with E-state index in [0.717, 1.165) is 29.9 Å². The maximum absolute atomic E-state index is 13.8. The molecule has 1 N–H and O–H groups in total. The first-order chi connectivity index (χ1) is 21.8. The van der Waals surface area contributed by atoms with E-state index in [9.17, 15) is 49.1 Å². The number of carbonyl (C=O) groups is 2. The van der Waals surface area contributed by atoms with Gasteiger partial charge in [-0.05, 0) is 81.1 Å². The van der Waals surface area contributed by atoms with Gasteiger partial charge in [0.2, 0.25) is 0 Å². The highest BCUT2D eigenvalue weighted by Gasteiger charge is 2.60. The zero-order chi connectivity index (χ0) is 34.4. The summed E-state index contributed by atoms with van der Waals surface area (Å²) in [6, 6.07) is 3.64. The number of nitrogens with zero attached hydrogens (tertiary/aromatic N) is 4. The van der Waals surface area contributed by atoms with Gasteiger partial charge in [0.25, 0.3) is 6.10 Å². The van der Waals surface area contributed by atoms with Crippen molar-refractivity contribution in [2.45, 2.75) is 81.7 Å². The van der Waals surface area contributed by atoms with E-state index in [1.807, 2.05) is 9.80 Å². The van der Waals surface area contributed by atoms with Crippen LogP contribution in [0.2, 0.25) is 0 Å². The Morgan fingerprint density at radius 1 is 0.830 bits per heavy atom. The van der Waals surface area contributed by atoms with Gasteiger partial charge in [0.05, 0.1) is 12.1 Å². The van der Waals surface area contributed by atoms with Gasteiger partial charge in [-0.25, -0.2) is 4.79 Å². The van der Waals surface area contributed by atoms with Gasteiger partial charge < -0.3 is 19.6 Å². The molecule has 1 aromatic carbocycles. The van der Waals surface area contributed by atoms with Crippen LogP contribution in [-0.2, 0) is 22.3 Å². The third-order valence-electron chi connectivity index (χ3n) is 10.3. The fourth-order valence-corrected chi connectivity index (χ4v) is 7.77. The molecule has 5 rings (SSSR count). The minimum atomic E-state index is -5.82. The summed E-state index contributed by atoms with van der Waals surface area (Å²) in [5.74, 6) is -0.907. The molecule has 0 aromatic heterocycles. The zero-order valence-corrected chi connectivity index (χ0v) is 25.5. The molecule has 4 aliphatic rings. The third-order valence-corrected chi connectivity index (χ3v) is 10.3. The Morgan fingerprint density at radius 2 is 1.45 bits per heavy atom. The van der Waals surface area contributed by atoms with Crippen molar-refractivity contribution in [1.82, 2.24) is 14.7 Å². The number of halogens is 9. The fourth-order valence-electron chi connectivity index (χ4n) is 7.77. The SMILES string of the molecule is O=C(O)CN1CCC2(CCN(c3cc(C(F)(F)F)ccc3CN3CCCC34CCN(C(=O)OC(C(F)(F)F)C(F)(F)F)CC4)CC2)C1. The Morgan fingerprint density at radius 3 is 2.02 bits per heavy atom. The van der Waals surface area contributed by atoms with Crippen molar-refractivity contribution in [3.05, 3.63) is 29.3 Å². The lowest BCUT2D eigenvalue weighted by molar-refractivity contribution is -0.308. The van der Waals surface area contributed by atoms with E-state index < -0.39 is 47.8 Å². The number of likely N-dealkylation sites (tertiary alicyclic amines) is 3. The van der Waals surface area contributed by atoms with E-state index in [0.29, 0.717) is 63.2 Å². The summed E-state index contributed by atoms with van der Waals surface area (Å²) in [7, 11) is 0. The van der Waals surface area contributed by atoms with Crippen molar-refractivity contribution in [2.24, 2.45) is 5.41 Å². The largest absolute Gasteiger partial charge is 0.480 e. The van der Waals surface area contributed by atoms with Crippen LogP contribution in [0.15, 0.2) is 18.2 Å². The van der Waals surface area contributed by atoms with Gasteiger partial charge in [-0.2, -0.15) is 39.5 Å². The molecule has 4 saturated heterocycles. The Kier molecular flexibility index (Phi) is 9.65. The van der Waals surface area contributed by atoms with Gasteiger partial charge in [-0.15, -0.1) is 0 Å². The molecule has 0 saturated carbocycles. The summed E-state index contributed by atoms with van der Waals surface area (Å²) in [6.07, 6.45) is -18.1. The number of ether oxygens (including phenoxy) is 1. The molecule has 0 aliphatic carbocycles. The topological polar surface area (TPSA) is 76.6 Å². The van der Waals surface area contributed by atoms with E-state index in [1.165, 1.54) is 6.07 Å². The molecule has 1 amide bonds. The fraction of sp³-hybridized carbons (Fsp3) is 0.733. The third kappa shape index (κ3) is 7.86. The highest BCUT2D eigenvalue weighted by atomic mass is 19.4. The van der Waals surface area contributed by atoms with Gasteiger partial charge in [-0.1, -0.05) is 6.07 Å². The number of hydrogen-bond donors (Lipinski definition) is 1. The second-order valence-corrected chi connectivity index (χ2v) is 13.3. The predicted octanol–water partition coefficient (Wildman–Crippen LogP) is 6.14. The first-order valence-corrected chi connectivity index (χ1v) is 15.5. The molecular formula is C30H37F9N4O4. The molecular weight excluding hydrogens is 651 g/mol. The summed E-state index contributed by atoms with van der Waals surface area (Å²) >= 11 is 0. The molecule has 47 heavy (non-hydrogen) atoms. The Labute approximate surface area is 265 Å². The standard InChI is InChI=1S/C30H37F9N4O4/c31-28(32,33)21-3-2-20(22(16-21)41-12-6-26(7-13-41)5-11-40(19-26)18-23(44)45)17-43-10-1-4-27(43)8-14-42(15-9-27)25(46)47-24(29(34,35)36)30(37,38)39/h2-3,16,24H,1,4-15,17-19H2,(H,44,45). The van der Waals surface area contributed by atoms with Crippen LogP contribution in [0.5, 0.6) is 0 Å². The number of carboxylic acid groups (broad SMARTS) is 1. The minimum absolute atomic E-state index is 0.0542. The molecule has 0 unspecified atom stereocenters. The van der Waals surface area contributed by atoms with Crippen LogP contribution in [0.4, 0.5) is 50.0 Å². The van der Waals surface area contributed by atoms with Crippen LogP contribution in [0, 0.1) is 5.41 Å². The summed E-state index contributed by atoms with van der Waals surface area (Å²) in [6.45, 7) is 2.79. The number of carboxylic acids is 1. The first kappa shape index (κ1) is 35.4. The molecule has 17 heteroatoms. The molecule has 4 heterocycles. The molecule has 0 bridgehead atoms. The van der Waals surface area contributed by atoms with E-state index in [2.05, 4.69) is 9.64 Å². The molecule has 8 nitrogen and oxygen atoms in total. The van der Waals surface area contributed by atoms with Crippen molar-refractivity contribution in [3.8, 4) is 0 Å².